The van der Waals surface area contributed by atoms with Gasteiger partial charge in [-0.15, -0.1) is 0 Å². The standard InChI is InChI=1S/C14H20O7/c1-19-9-4-2-8(3-5-9)7-20-14-13(18)12(17)11(16)10(6-15)21-14/h2-5,10-18H,6-7H2,1H3/t10?,11-,12-,13?,14+/m0/s1. The summed E-state index contributed by atoms with van der Waals surface area (Å²) in [5.74, 6) is 0.714. The van der Waals surface area contributed by atoms with Crippen LogP contribution in [-0.2, 0) is 16.1 Å². The van der Waals surface area contributed by atoms with Gasteiger partial charge in [-0.3, -0.25) is 0 Å². The van der Waals surface area contributed by atoms with E-state index in [1.165, 1.54) is 0 Å². The zero-order valence-corrected chi connectivity index (χ0v) is 11.6. The predicted molar refractivity (Wildman–Crippen MR) is 71.6 cm³/mol. The average Bonchev–Trinajstić information content (AvgIpc) is 2.52. The van der Waals surface area contributed by atoms with Gasteiger partial charge in [0.15, 0.2) is 6.29 Å². The second-order valence-electron chi connectivity index (χ2n) is 4.86. The van der Waals surface area contributed by atoms with Crippen molar-refractivity contribution < 1.29 is 34.6 Å². The van der Waals surface area contributed by atoms with Crippen LogP contribution in [0.4, 0.5) is 0 Å². The maximum atomic E-state index is 9.82. The quantitative estimate of drug-likeness (QED) is 0.553. The fourth-order valence-corrected chi connectivity index (χ4v) is 2.11. The molecule has 1 saturated heterocycles. The second kappa shape index (κ2) is 7.17. The summed E-state index contributed by atoms with van der Waals surface area (Å²) in [4.78, 5) is 0. The van der Waals surface area contributed by atoms with E-state index in [0.717, 1.165) is 5.56 Å². The van der Waals surface area contributed by atoms with Crippen LogP contribution in [0.5, 0.6) is 5.75 Å². The molecule has 0 aliphatic carbocycles. The molecule has 1 aliphatic heterocycles. The zero-order valence-electron chi connectivity index (χ0n) is 11.6. The Labute approximate surface area is 122 Å². The molecule has 1 aromatic carbocycles. The minimum absolute atomic E-state index is 0.146. The zero-order chi connectivity index (χ0) is 15.4. The Hall–Kier alpha value is -1.22. The minimum atomic E-state index is -1.43. The fraction of sp³-hybridized carbons (Fsp3) is 0.571. The Morgan fingerprint density at radius 2 is 1.71 bits per heavy atom. The van der Waals surface area contributed by atoms with Crippen LogP contribution in [0.1, 0.15) is 5.56 Å². The van der Waals surface area contributed by atoms with Gasteiger partial charge in [0, 0.05) is 0 Å². The Balaban J connectivity index is 1.94. The first-order valence-electron chi connectivity index (χ1n) is 6.62. The van der Waals surface area contributed by atoms with E-state index >= 15 is 0 Å². The molecule has 7 heteroatoms. The van der Waals surface area contributed by atoms with Crippen LogP contribution < -0.4 is 4.74 Å². The van der Waals surface area contributed by atoms with Crippen LogP contribution >= 0.6 is 0 Å². The molecule has 0 bridgehead atoms. The van der Waals surface area contributed by atoms with E-state index in [4.69, 9.17) is 19.3 Å². The average molecular weight is 300 g/mol. The van der Waals surface area contributed by atoms with Gasteiger partial charge in [0.2, 0.25) is 0 Å². The van der Waals surface area contributed by atoms with Gasteiger partial charge < -0.3 is 34.6 Å². The maximum absolute atomic E-state index is 9.82. The molecule has 1 aliphatic rings. The smallest absolute Gasteiger partial charge is 0.187 e. The largest absolute Gasteiger partial charge is 0.497 e. The highest BCUT2D eigenvalue weighted by atomic mass is 16.7. The SMILES string of the molecule is COc1ccc(CO[C@@H]2OC(CO)[C@H](O)[C@H](O)C2O)cc1. The van der Waals surface area contributed by atoms with Crippen LogP contribution in [0.25, 0.3) is 0 Å². The normalized spacial score (nSPS) is 32.9. The molecule has 0 spiro atoms. The number of methoxy groups -OCH3 is 1. The maximum Gasteiger partial charge on any atom is 0.187 e. The van der Waals surface area contributed by atoms with Gasteiger partial charge in [-0.2, -0.15) is 0 Å². The summed E-state index contributed by atoms with van der Waals surface area (Å²) >= 11 is 0. The van der Waals surface area contributed by atoms with Crippen LogP contribution in [0.2, 0.25) is 0 Å². The summed E-state index contributed by atoms with van der Waals surface area (Å²) in [6, 6.07) is 7.13. The number of benzene rings is 1. The van der Waals surface area contributed by atoms with Gasteiger partial charge in [-0.05, 0) is 17.7 Å². The molecule has 0 amide bonds. The molecular formula is C14H20O7. The molecule has 2 unspecified atom stereocenters. The summed E-state index contributed by atoms with van der Waals surface area (Å²) in [6.07, 6.45) is -6.30. The molecule has 1 aromatic rings. The molecule has 4 N–H and O–H groups in total. The molecule has 1 fully saturated rings. The second-order valence-corrected chi connectivity index (χ2v) is 4.86. The number of aliphatic hydroxyl groups is 4. The van der Waals surface area contributed by atoms with Crippen LogP contribution in [-0.4, -0.2) is 64.8 Å². The number of aliphatic hydroxyl groups excluding tert-OH is 4. The molecule has 0 saturated carbocycles. The molecule has 118 valence electrons. The summed E-state index contributed by atoms with van der Waals surface area (Å²) in [5, 5.41) is 38.2. The monoisotopic (exact) mass is 300 g/mol. The Morgan fingerprint density at radius 3 is 2.29 bits per heavy atom. The number of hydrogen-bond acceptors (Lipinski definition) is 7. The Kier molecular flexibility index (Phi) is 5.51. The van der Waals surface area contributed by atoms with Gasteiger partial charge in [0.05, 0.1) is 20.3 Å². The molecule has 0 aromatic heterocycles. The van der Waals surface area contributed by atoms with Gasteiger partial charge in [-0.1, -0.05) is 12.1 Å². The predicted octanol–water partition coefficient (Wildman–Crippen LogP) is -0.988. The van der Waals surface area contributed by atoms with Gasteiger partial charge in [0.1, 0.15) is 30.2 Å². The van der Waals surface area contributed by atoms with Crippen molar-refractivity contribution in [2.24, 2.45) is 0 Å². The summed E-state index contributed by atoms with van der Waals surface area (Å²) in [5.41, 5.74) is 0.827. The third-order valence-corrected chi connectivity index (χ3v) is 3.42. The van der Waals surface area contributed by atoms with Crippen molar-refractivity contribution in [2.75, 3.05) is 13.7 Å². The van der Waals surface area contributed by atoms with E-state index in [1.54, 1.807) is 31.4 Å². The lowest BCUT2D eigenvalue weighted by atomic mass is 9.99. The van der Waals surface area contributed by atoms with Gasteiger partial charge >= 0.3 is 0 Å². The lowest BCUT2D eigenvalue weighted by Crippen LogP contribution is -2.59. The first-order chi connectivity index (χ1) is 10.1. The van der Waals surface area contributed by atoms with Crippen molar-refractivity contribution in [3.63, 3.8) is 0 Å². The van der Waals surface area contributed by atoms with Crippen molar-refractivity contribution in [3.8, 4) is 5.75 Å². The van der Waals surface area contributed by atoms with Crippen molar-refractivity contribution in [3.05, 3.63) is 29.8 Å². The highest BCUT2D eigenvalue weighted by Crippen LogP contribution is 2.23. The van der Waals surface area contributed by atoms with Crippen molar-refractivity contribution in [1.82, 2.24) is 0 Å². The number of hydrogen-bond donors (Lipinski definition) is 4. The highest BCUT2D eigenvalue weighted by molar-refractivity contribution is 5.26. The van der Waals surface area contributed by atoms with Crippen molar-refractivity contribution in [1.29, 1.82) is 0 Å². The topological polar surface area (TPSA) is 109 Å². The van der Waals surface area contributed by atoms with Crippen LogP contribution in [0.15, 0.2) is 24.3 Å². The molecule has 7 nitrogen and oxygen atoms in total. The number of rotatable bonds is 5. The third kappa shape index (κ3) is 3.70. The van der Waals surface area contributed by atoms with E-state index in [1.807, 2.05) is 0 Å². The Morgan fingerprint density at radius 1 is 1.05 bits per heavy atom. The molecule has 1 heterocycles. The van der Waals surface area contributed by atoms with Crippen LogP contribution in [0, 0.1) is 0 Å². The summed E-state index contributed by atoms with van der Waals surface area (Å²) in [7, 11) is 1.57. The molecule has 21 heavy (non-hydrogen) atoms. The van der Waals surface area contributed by atoms with Crippen molar-refractivity contribution >= 4 is 0 Å². The van der Waals surface area contributed by atoms with E-state index in [0.29, 0.717) is 5.75 Å². The van der Waals surface area contributed by atoms with Gasteiger partial charge in [0.25, 0.3) is 0 Å². The van der Waals surface area contributed by atoms with E-state index < -0.39 is 37.3 Å². The first kappa shape index (κ1) is 16.2. The highest BCUT2D eigenvalue weighted by Gasteiger charge is 2.43. The summed E-state index contributed by atoms with van der Waals surface area (Å²) in [6.45, 7) is -0.333. The van der Waals surface area contributed by atoms with Gasteiger partial charge in [-0.25, -0.2) is 0 Å². The first-order valence-corrected chi connectivity index (χ1v) is 6.62. The van der Waals surface area contributed by atoms with E-state index in [-0.39, 0.29) is 6.61 Å². The summed E-state index contributed by atoms with van der Waals surface area (Å²) < 4.78 is 15.7. The van der Waals surface area contributed by atoms with E-state index in [2.05, 4.69) is 0 Å². The molecule has 2 rings (SSSR count). The molecule has 0 radical (unpaired) electrons. The minimum Gasteiger partial charge on any atom is -0.497 e. The number of ether oxygens (including phenoxy) is 3. The lowest BCUT2D eigenvalue weighted by Gasteiger charge is -2.39. The molecular weight excluding hydrogens is 280 g/mol. The third-order valence-electron chi connectivity index (χ3n) is 3.42. The lowest BCUT2D eigenvalue weighted by molar-refractivity contribution is -0.304. The Bertz CT molecular complexity index is 433. The van der Waals surface area contributed by atoms with Crippen LogP contribution in [0.3, 0.4) is 0 Å². The van der Waals surface area contributed by atoms with E-state index in [9.17, 15) is 15.3 Å². The van der Waals surface area contributed by atoms with Crippen molar-refractivity contribution in [2.45, 2.75) is 37.3 Å². The molecule has 5 atom stereocenters. The fourth-order valence-electron chi connectivity index (χ4n) is 2.11.